The van der Waals surface area contributed by atoms with Crippen LogP contribution >= 0.6 is 12.4 Å². The highest BCUT2D eigenvalue weighted by atomic mass is 35.5. The van der Waals surface area contributed by atoms with E-state index in [1.165, 1.54) is 0 Å². The minimum absolute atomic E-state index is 0. The van der Waals surface area contributed by atoms with Gasteiger partial charge in [-0.15, -0.1) is 12.4 Å². The molecule has 90 valence electrons. The lowest BCUT2D eigenvalue weighted by molar-refractivity contribution is -0.144. The molecule has 0 saturated carbocycles. The molecule has 4 nitrogen and oxygen atoms in total. The first kappa shape index (κ1) is 14.7. The average molecular weight is 246 g/mol. The van der Waals surface area contributed by atoms with Crippen molar-refractivity contribution in [3.05, 3.63) is 29.8 Å². The maximum Gasteiger partial charge on any atom is 0.327 e. The molecule has 0 spiro atoms. The van der Waals surface area contributed by atoms with Crippen LogP contribution in [0.3, 0.4) is 0 Å². The molecule has 0 fully saturated rings. The van der Waals surface area contributed by atoms with Gasteiger partial charge in [-0.3, -0.25) is 0 Å². The fraction of sp³-hybridized carbons (Fsp3) is 0.364. The molecule has 0 aliphatic rings. The van der Waals surface area contributed by atoms with Gasteiger partial charge >= 0.3 is 5.97 Å². The van der Waals surface area contributed by atoms with Crippen LogP contribution in [0.1, 0.15) is 18.5 Å². The second-order valence-corrected chi connectivity index (χ2v) is 3.00. The zero-order chi connectivity index (χ0) is 11.3. The van der Waals surface area contributed by atoms with Gasteiger partial charge in [-0.05, 0) is 24.6 Å². The van der Waals surface area contributed by atoms with E-state index in [0.29, 0.717) is 12.2 Å². The SMILES string of the molecule is CCOC(=O)[C@H](N)c1ccc(OC)cc1.Cl. The molecule has 1 aromatic carbocycles. The number of benzene rings is 1. The Morgan fingerprint density at radius 2 is 1.94 bits per heavy atom. The van der Waals surface area contributed by atoms with Gasteiger partial charge in [0.2, 0.25) is 0 Å². The molecule has 0 saturated heterocycles. The zero-order valence-electron chi connectivity index (χ0n) is 9.30. The van der Waals surface area contributed by atoms with Crippen molar-refractivity contribution < 1.29 is 14.3 Å². The molecular weight excluding hydrogens is 230 g/mol. The summed E-state index contributed by atoms with van der Waals surface area (Å²) in [6.45, 7) is 2.08. The minimum atomic E-state index is -0.726. The Morgan fingerprint density at radius 1 is 1.38 bits per heavy atom. The van der Waals surface area contributed by atoms with Crippen molar-refractivity contribution in [2.45, 2.75) is 13.0 Å². The summed E-state index contributed by atoms with van der Waals surface area (Å²) >= 11 is 0. The monoisotopic (exact) mass is 245 g/mol. The van der Waals surface area contributed by atoms with E-state index in [-0.39, 0.29) is 12.4 Å². The number of halogens is 1. The smallest absolute Gasteiger partial charge is 0.327 e. The van der Waals surface area contributed by atoms with Crippen LogP contribution in [0.2, 0.25) is 0 Å². The van der Waals surface area contributed by atoms with E-state index in [0.717, 1.165) is 5.75 Å². The van der Waals surface area contributed by atoms with Crippen molar-refractivity contribution in [1.29, 1.82) is 0 Å². The first-order valence-corrected chi connectivity index (χ1v) is 4.75. The topological polar surface area (TPSA) is 61.5 Å². The van der Waals surface area contributed by atoms with Gasteiger partial charge < -0.3 is 15.2 Å². The van der Waals surface area contributed by atoms with Gasteiger partial charge in [-0.2, -0.15) is 0 Å². The van der Waals surface area contributed by atoms with Crippen molar-refractivity contribution in [2.24, 2.45) is 5.73 Å². The maximum absolute atomic E-state index is 11.3. The van der Waals surface area contributed by atoms with Gasteiger partial charge in [0.15, 0.2) is 0 Å². The van der Waals surface area contributed by atoms with E-state index in [1.807, 2.05) is 0 Å². The second-order valence-electron chi connectivity index (χ2n) is 3.00. The average Bonchev–Trinajstić information content (AvgIpc) is 2.28. The Kier molecular flexibility index (Phi) is 6.53. The molecule has 0 radical (unpaired) electrons. The highest BCUT2D eigenvalue weighted by Crippen LogP contribution is 2.16. The highest BCUT2D eigenvalue weighted by molar-refractivity contribution is 5.85. The molecule has 1 aromatic rings. The first-order chi connectivity index (χ1) is 7.19. The lowest BCUT2D eigenvalue weighted by Gasteiger charge is -2.11. The van der Waals surface area contributed by atoms with Crippen LogP contribution in [0.4, 0.5) is 0 Å². The van der Waals surface area contributed by atoms with E-state index in [4.69, 9.17) is 15.2 Å². The van der Waals surface area contributed by atoms with E-state index >= 15 is 0 Å². The molecule has 1 rings (SSSR count). The minimum Gasteiger partial charge on any atom is -0.497 e. The summed E-state index contributed by atoms with van der Waals surface area (Å²) in [6.07, 6.45) is 0. The predicted octanol–water partition coefficient (Wildman–Crippen LogP) is 1.68. The van der Waals surface area contributed by atoms with Crippen LogP contribution in [0, 0.1) is 0 Å². The van der Waals surface area contributed by atoms with Crippen molar-refractivity contribution >= 4 is 18.4 Å². The van der Waals surface area contributed by atoms with Gasteiger partial charge in [0.05, 0.1) is 13.7 Å². The third kappa shape index (κ3) is 3.72. The summed E-state index contributed by atoms with van der Waals surface area (Å²) in [5, 5.41) is 0. The van der Waals surface area contributed by atoms with Gasteiger partial charge in [0.25, 0.3) is 0 Å². The standard InChI is InChI=1S/C11H15NO3.ClH/c1-3-15-11(13)10(12)8-4-6-9(14-2)7-5-8;/h4-7,10H,3,12H2,1-2H3;1H/t10-;/m1./s1. The molecule has 1 atom stereocenters. The van der Waals surface area contributed by atoms with Crippen LogP contribution < -0.4 is 10.5 Å². The molecule has 2 N–H and O–H groups in total. The Balaban J connectivity index is 0.00000225. The largest absolute Gasteiger partial charge is 0.497 e. The summed E-state index contributed by atoms with van der Waals surface area (Å²) in [7, 11) is 1.58. The lowest BCUT2D eigenvalue weighted by atomic mass is 10.1. The van der Waals surface area contributed by atoms with E-state index in [9.17, 15) is 4.79 Å². The summed E-state index contributed by atoms with van der Waals surface area (Å²) in [4.78, 5) is 11.3. The van der Waals surface area contributed by atoms with E-state index in [2.05, 4.69) is 0 Å². The number of rotatable bonds is 4. The summed E-state index contributed by atoms with van der Waals surface area (Å²) in [6, 6.07) is 6.29. The third-order valence-corrected chi connectivity index (χ3v) is 2.02. The number of carbonyl (C=O) groups excluding carboxylic acids is 1. The number of hydrogen-bond donors (Lipinski definition) is 1. The predicted molar refractivity (Wildman–Crippen MR) is 63.8 cm³/mol. The summed E-state index contributed by atoms with van der Waals surface area (Å²) in [5.41, 5.74) is 6.42. The molecule has 0 aliphatic heterocycles. The van der Waals surface area contributed by atoms with Crippen molar-refractivity contribution in [2.75, 3.05) is 13.7 Å². The fourth-order valence-corrected chi connectivity index (χ4v) is 1.18. The van der Waals surface area contributed by atoms with E-state index < -0.39 is 12.0 Å². The van der Waals surface area contributed by atoms with Crippen LogP contribution in [0.15, 0.2) is 24.3 Å². The Hall–Kier alpha value is -1.26. The number of methoxy groups -OCH3 is 1. The molecule has 0 amide bonds. The quantitative estimate of drug-likeness (QED) is 0.820. The highest BCUT2D eigenvalue weighted by Gasteiger charge is 2.16. The molecule has 0 heterocycles. The second kappa shape index (κ2) is 7.09. The van der Waals surface area contributed by atoms with Gasteiger partial charge in [-0.25, -0.2) is 4.79 Å². The van der Waals surface area contributed by atoms with Crippen molar-refractivity contribution in [3.63, 3.8) is 0 Å². The van der Waals surface area contributed by atoms with Crippen molar-refractivity contribution in [3.8, 4) is 5.75 Å². The molecular formula is C11H16ClNO3. The Labute approximate surface area is 101 Å². The maximum atomic E-state index is 11.3. The molecule has 5 heteroatoms. The van der Waals surface area contributed by atoms with Crippen LogP contribution in [0.5, 0.6) is 5.75 Å². The normalized spacial score (nSPS) is 11.2. The third-order valence-electron chi connectivity index (χ3n) is 2.02. The molecule has 0 bridgehead atoms. The number of esters is 1. The van der Waals surface area contributed by atoms with Gasteiger partial charge in [0, 0.05) is 0 Å². The number of hydrogen-bond acceptors (Lipinski definition) is 4. The van der Waals surface area contributed by atoms with Crippen LogP contribution in [0.25, 0.3) is 0 Å². The van der Waals surface area contributed by atoms with Crippen molar-refractivity contribution in [1.82, 2.24) is 0 Å². The molecule has 0 aliphatic carbocycles. The molecule has 16 heavy (non-hydrogen) atoms. The number of ether oxygens (including phenoxy) is 2. The molecule has 0 unspecified atom stereocenters. The summed E-state index contributed by atoms with van der Waals surface area (Å²) < 4.78 is 9.82. The van der Waals surface area contributed by atoms with E-state index in [1.54, 1.807) is 38.3 Å². The first-order valence-electron chi connectivity index (χ1n) is 4.75. The van der Waals surface area contributed by atoms with Crippen LogP contribution in [-0.2, 0) is 9.53 Å². The van der Waals surface area contributed by atoms with Crippen LogP contribution in [-0.4, -0.2) is 19.7 Å². The van der Waals surface area contributed by atoms with Gasteiger partial charge in [-0.1, -0.05) is 12.1 Å². The Morgan fingerprint density at radius 3 is 2.38 bits per heavy atom. The van der Waals surface area contributed by atoms with Gasteiger partial charge in [0.1, 0.15) is 11.8 Å². The number of carbonyl (C=O) groups is 1. The lowest BCUT2D eigenvalue weighted by Crippen LogP contribution is -2.23. The zero-order valence-corrected chi connectivity index (χ0v) is 10.1. The molecule has 0 aromatic heterocycles. The number of nitrogens with two attached hydrogens (primary N) is 1. The fourth-order valence-electron chi connectivity index (χ4n) is 1.18. The Bertz CT molecular complexity index is 327. The summed E-state index contributed by atoms with van der Waals surface area (Å²) in [5.74, 6) is 0.317.